The third kappa shape index (κ3) is 3.04. The van der Waals surface area contributed by atoms with Crippen LogP contribution in [0.2, 0.25) is 0 Å². The molecule has 0 unspecified atom stereocenters. The van der Waals surface area contributed by atoms with Crippen LogP contribution in [-0.2, 0) is 16.1 Å². The first-order valence-electron chi connectivity index (χ1n) is 12.5. The van der Waals surface area contributed by atoms with Crippen molar-refractivity contribution in [3.05, 3.63) is 98.4 Å². The number of rotatable bonds is 3. The van der Waals surface area contributed by atoms with E-state index in [1.54, 1.807) is 62.4 Å². The summed E-state index contributed by atoms with van der Waals surface area (Å²) < 4.78 is 9.28. The molecule has 0 bridgehead atoms. The average molecular weight is 514 g/mol. The fraction of sp³-hybridized carbons (Fsp3) is 0.310. The van der Waals surface area contributed by atoms with E-state index in [0.717, 1.165) is 4.57 Å². The van der Waals surface area contributed by atoms with E-state index in [0.29, 0.717) is 22.4 Å². The lowest BCUT2D eigenvalue weighted by molar-refractivity contribution is -0.139. The van der Waals surface area contributed by atoms with Gasteiger partial charge in [-0.15, -0.1) is 0 Å². The maximum Gasteiger partial charge on any atom is 0.352 e. The van der Waals surface area contributed by atoms with Crippen LogP contribution in [0.3, 0.4) is 0 Å². The smallest absolute Gasteiger partial charge is 0.352 e. The topological polar surface area (TPSA) is 113 Å². The number of allylic oxidation sites excluding steroid dienone is 4. The number of hydrogen-bond acceptors (Lipinski definition) is 6. The predicted octanol–water partition coefficient (Wildman–Crippen LogP) is 2.90. The van der Waals surface area contributed by atoms with Gasteiger partial charge in [0.1, 0.15) is 0 Å². The zero-order valence-electron chi connectivity index (χ0n) is 21.2. The summed E-state index contributed by atoms with van der Waals surface area (Å²) in [6, 6.07) is 13.1. The largest absolute Gasteiger partial charge is 0.504 e. The Kier molecular flexibility index (Phi) is 5.24. The number of aromatic nitrogens is 3. The molecule has 4 atom stereocenters. The highest BCUT2D eigenvalue weighted by atomic mass is 16.5. The molecule has 2 aromatic carbocycles. The molecular formula is C29H27N3O6. The summed E-state index contributed by atoms with van der Waals surface area (Å²) in [6.45, 7) is 3.50. The van der Waals surface area contributed by atoms with Crippen LogP contribution in [0.1, 0.15) is 37.8 Å². The molecule has 3 aromatic rings. The minimum Gasteiger partial charge on any atom is -0.504 e. The van der Waals surface area contributed by atoms with E-state index in [4.69, 9.17) is 4.74 Å². The molecule has 6 rings (SSSR count). The van der Waals surface area contributed by atoms with Gasteiger partial charge in [0.15, 0.2) is 23.1 Å². The Hall–Kier alpha value is -4.40. The number of para-hydroxylation sites is 2. The van der Waals surface area contributed by atoms with E-state index in [1.165, 1.54) is 22.5 Å². The molecule has 0 radical (unpaired) electrons. The van der Waals surface area contributed by atoms with Gasteiger partial charge in [-0.1, -0.05) is 43.3 Å². The van der Waals surface area contributed by atoms with Gasteiger partial charge in [-0.25, -0.2) is 23.5 Å². The van der Waals surface area contributed by atoms with Crippen LogP contribution in [0.5, 0.6) is 11.5 Å². The number of phenols is 1. The molecule has 194 valence electrons. The Balaban J connectivity index is 1.62. The molecule has 0 amide bonds. The zero-order valence-corrected chi connectivity index (χ0v) is 21.2. The van der Waals surface area contributed by atoms with Crippen LogP contribution >= 0.6 is 0 Å². The number of carbonyl (C=O) groups is 2. The van der Waals surface area contributed by atoms with E-state index in [1.807, 2.05) is 6.08 Å². The second-order valence-corrected chi connectivity index (χ2v) is 10.3. The van der Waals surface area contributed by atoms with Gasteiger partial charge in [0.2, 0.25) is 0 Å². The lowest BCUT2D eigenvalue weighted by atomic mass is 9.51. The van der Waals surface area contributed by atoms with Gasteiger partial charge in [0.05, 0.1) is 30.8 Å². The number of methoxy groups -OCH3 is 1. The lowest BCUT2D eigenvalue weighted by Crippen LogP contribution is -2.54. The number of Topliss-reactive ketones (excluding diaryl/α,β-unsaturated/α-hetero) is 1. The van der Waals surface area contributed by atoms with Crippen molar-refractivity contribution < 1.29 is 19.4 Å². The monoisotopic (exact) mass is 513 g/mol. The highest BCUT2D eigenvalue weighted by Crippen LogP contribution is 2.61. The van der Waals surface area contributed by atoms with E-state index < -0.39 is 34.7 Å². The quantitative estimate of drug-likeness (QED) is 0.539. The second-order valence-electron chi connectivity index (χ2n) is 10.3. The summed E-state index contributed by atoms with van der Waals surface area (Å²) in [7, 11) is 1.44. The summed E-state index contributed by atoms with van der Waals surface area (Å²) in [5.41, 5.74) is -0.230. The van der Waals surface area contributed by atoms with Crippen molar-refractivity contribution in [3.8, 4) is 17.2 Å². The molecule has 1 aliphatic heterocycles. The predicted molar refractivity (Wildman–Crippen MR) is 139 cm³/mol. The van der Waals surface area contributed by atoms with Gasteiger partial charge < -0.3 is 9.84 Å². The molecule has 9 nitrogen and oxygen atoms in total. The molecule has 1 saturated carbocycles. The molecule has 1 N–H and O–H groups in total. The lowest BCUT2D eigenvalue weighted by Gasteiger charge is -2.52. The van der Waals surface area contributed by atoms with E-state index in [-0.39, 0.29) is 36.0 Å². The molecule has 0 saturated heterocycles. The standard InChI is InChI=1S/C29H27N3O6/c1-16-14-23(33)29(2)20(25(16)34)15-21-18(24(29)19-10-7-11-22(38-3)26(19)35)12-13-30-27(36)31(28(37)32(21)30)17-8-5-4-6-9-17/h4-12,14,20-21,24,35H,13,15H2,1-3H3/t20-,21+,24+,29-/m0/s1. The van der Waals surface area contributed by atoms with Gasteiger partial charge in [-0.3, -0.25) is 9.59 Å². The van der Waals surface area contributed by atoms with Crippen molar-refractivity contribution in [1.29, 1.82) is 0 Å². The first kappa shape index (κ1) is 24.0. The molecule has 1 fully saturated rings. The van der Waals surface area contributed by atoms with Crippen molar-refractivity contribution in [2.45, 2.75) is 38.8 Å². The van der Waals surface area contributed by atoms with Crippen molar-refractivity contribution in [2.75, 3.05) is 7.11 Å². The third-order valence-corrected chi connectivity index (χ3v) is 8.51. The summed E-state index contributed by atoms with van der Waals surface area (Å²) in [5.74, 6) is -1.74. The first-order valence-corrected chi connectivity index (χ1v) is 12.5. The molecule has 9 heteroatoms. The number of ketones is 2. The van der Waals surface area contributed by atoms with Gasteiger partial charge in [-0.05, 0) is 48.8 Å². The Labute approximate surface area is 217 Å². The van der Waals surface area contributed by atoms with Crippen molar-refractivity contribution in [2.24, 2.45) is 11.3 Å². The Morgan fingerprint density at radius 3 is 2.45 bits per heavy atom. The van der Waals surface area contributed by atoms with Crippen LogP contribution < -0.4 is 16.1 Å². The number of phenolic OH excluding ortho intramolecular Hbond substituents is 1. The van der Waals surface area contributed by atoms with Gasteiger partial charge in [-0.2, -0.15) is 0 Å². The molecular weight excluding hydrogens is 486 g/mol. The number of ether oxygens (including phenoxy) is 1. The number of hydrogen-bond donors (Lipinski definition) is 1. The SMILES string of the molecule is COc1cccc([C@H]2C3=CCn4c(=O)n(-c5ccccc5)c(=O)n4[C@@H]3C[C@H]3C(=O)C(C)=CC(=O)[C@@]23C)c1O. The fourth-order valence-electron chi connectivity index (χ4n) is 6.62. The van der Waals surface area contributed by atoms with Gasteiger partial charge >= 0.3 is 11.4 Å². The van der Waals surface area contributed by atoms with Crippen molar-refractivity contribution in [3.63, 3.8) is 0 Å². The van der Waals surface area contributed by atoms with Gasteiger partial charge in [0.25, 0.3) is 0 Å². The number of fused-ring (bicyclic) bond motifs is 4. The fourth-order valence-corrected chi connectivity index (χ4v) is 6.62. The van der Waals surface area contributed by atoms with Crippen LogP contribution in [0, 0.1) is 11.3 Å². The number of nitrogens with zero attached hydrogens (tertiary/aromatic N) is 3. The average Bonchev–Trinajstić information content (AvgIpc) is 3.17. The molecule has 1 aromatic heterocycles. The Morgan fingerprint density at radius 1 is 1.00 bits per heavy atom. The molecule has 3 aliphatic rings. The molecule has 38 heavy (non-hydrogen) atoms. The third-order valence-electron chi connectivity index (χ3n) is 8.51. The van der Waals surface area contributed by atoms with Crippen LogP contribution in [0.15, 0.2) is 81.4 Å². The minimum atomic E-state index is -1.20. The molecule has 0 spiro atoms. The van der Waals surface area contributed by atoms with Crippen LogP contribution in [0.4, 0.5) is 0 Å². The van der Waals surface area contributed by atoms with E-state index in [2.05, 4.69) is 0 Å². The number of benzene rings is 2. The summed E-state index contributed by atoms with van der Waals surface area (Å²) in [5, 5.41) is 11.2. The zero-order chi connectivity index (χ0) is 26.9. The highest BCUT2D eigenvalue weighted by Gasteiger charge is 2.59. The second kappa shape index (κ2) is 8.31. The summed E-state index contributed by atoms with van der Waals surface area (Å²) >= 11 is 0. The maximum absolute atomic E-state index is 13.8. The maximum atomic E-state index is 13.8. The molecule has 2 heterocycles. The number of aromatic hydroxyl groups is 1. The normalized spacial score (nSPS) is 26.1. The van der Waals surface area contributed by atoms with Crippen molar-refractivity contribution in [1.82, 2.24) is 13.9 Å². The first-order chi connectivity index (χ1) is 18.2. The summed E-state index contributed by atoms with van der Waals surface area (Å²) in [4.78, 5) is 54.5. The minimum absolute atomic E-state index is 0.110. The highest BCUT2D eigenvalue weighted by molar-refractivity contribution is 6.13. The van der Waals surface area contributed by atoms with E-state index >= 15 is 0 Å². The Bertz CT molecular complexity index is 1690. The number of carbonyl (C=O) groups excluding carboxylic acids is 2. The van der Waals surface area contributed by atoms with E-state index in [9.17, 15) is 24.3 Å². The molecule has 2 aliphatic carbocycles. The van der Waals surface area contributed by atoms with Crippen molar-refractivity contribution >= 4 is 11.6 Å². The van der Waals surface area contributed by atoms with Gasteiger partial charge in [0, 0.05) is 17.4 Å². The summed E-state index contributed by atoms with van der Waals surface area (Å²) in [6.07, 6.45) is 3.42. The van der Waals surface area contributed by atoms with Crippen LogP contribution in [-0.4, -0.2) is 37.7 Å². The Morgan fingerprint density at radius 2 is 1.74 bits per heavy atom. The van der Waals surface area contributed by atoms with Crippen LogP contribution in [0.25, 0.3) is 5.69 Å².